The molecule has 1 unspecified atom stereocenters. The van der Waals surface area contributed by atoms with Crippen molar-refractivity contribution in [2.24, 2.45) is 7.05 Å². The van der Waals surface area contributed by atoms with Crippen LogP contribution in [0.1, 0.15) is 39.3 Å². The normalized spacial score (nSPS) is 12.8. The highest BCUT2D eigenvalue weighted by molar-refractivity contribution is 5.66. The average molecular weight is 224 g/mol. The molecule has 1 atom stereocenters. The maximum atomic E-state index is 6.12. The molecule has 0 aliphatic heterocycles. The minimum atomic E-state index is 0.493. The van der Waals surface area contributed by atoms with Crippen LogP contribution in [-0.4, -0.2) is 22.9 Å². The molecule has 0 saturated heterocycles. The predicted molar refractivity (Wildman–Crippen MR) is 69.8 cm³/mol. The Morgan fingerprint density at radius 3 is 2.50 bits per heavy atom. The van der Waals surface area contributed by atoms with Crippen LogP contribution < -0.4 is 10.6 Å². The van der Waals surface area contributed by atoms with Crippen molar-refractivity contribution in [2.45, 2.75) is 46.1 Å². The van der Waals surface area contributed by atoms with Crippen LogP contribution in [0.5, 0.6) is 0 Å². The first-order chi connectivity index (χ1) is 7.52. The highest BCUT2D eigenvalue weighted by Crippen LogP contribution is 2.27. The number of aryl methyl sites for hydroxylation is 2. The molecule has 0 spiro atoms. The van der Waals surface area contributed by atoms with Gasteiger partial charge < -0.3 is 10.6 Å². The Labute approximate surface area is 98.4 Å². The number of hydrogen-bond acceptors (Lipinski definition) is 3. The van der Waals surface area contributed by atoms with Crippen LogP contribution in [0, 0.1) is 0 Å². The zero-order valence-electron chi connectivity index (χ0n) is 11.1. The smallest absolute Gasteiger partial charge is 0.150 e. The van der Waals surface area contributed by atoms with E-state index in [1.54, 1.807) is 0 Å². The fraction of sp³-hybridized carbons (Fsp3) is 0.750. The fourth-order valence-corrected chi connectivity index (χ4v) is 2.09. The van der Waals surface area contributed by atoms with Crippen LogP contribution in [0.25, 0.3) is 0 Å². The summed E-state index contributed by atoms with van der Waals surface area (Å²) in [6, 6.07) is 0.493. The van der Waals surface area contributed by atoms with Crippen LogP contribution >= 0.6 is 0 Å². The van der Waals surface area contributed by atoms with Crippen LogP contribution in [0.4, 0.5) is 11.5 Å². The molecule has 0 radical (unpaired) electrons. The molecule has 4 heteroatoms. The number of aromatic nitrogens is 2. The van der Waals surface area contributed by atoms with E-state index in [1.165, 1.54) is 12.8 Å². The molecule has 16 heavy (non-hydrogen) atoms. The quantitative estimate of drug-likeness (QED) is 0.834. The van der Waals surface area contributed by atoms with Crippen LogP contribution in [0.15, 0.2) is 0 Å². The number of rotatable bonds is 5. The zero-order valence-corrected chi connectivity index (χ0v) is 11.1. The highest BCUT2D eigenvalue weighted by Gasteiger charge is 2.18. The Kier molecular flexibility index (Phi) is 4.21. The SMILES string of the molecule is CCCC(C)N(C)c1c(N)c(CC)nn1C. The van der Waals surface area contributed by atoms with E-state index in [0.717, 1.165) is 23.6 Å². The molecule has 4 nitrogen and oxygen atoms in total. The molecule has 0 aromatic carbocycles. The summed E-state index contributed by atoms with van der Waals surface area (Å²) in [6.07, 6.45) is 3.24. The van der Waals surface area contributed by atoms with Crippen LogP contribution in [-0.2, 0) is 13.5 Å². The van der Waals surface area contributed by atoms with E-state index < -0.39 is 0 Å². The van der Waals surface area contributed by atoms with Gasteiger partial charge in [-0.1, -0.05) is 20.3 Å². The number of nitrogen functional groups attached to an aromatic ring is 1. The van der Waals surface area contributed by atoms with Crippen molar-refractivity contribution in [1.82, 2.24) is 9.78 Å². The van der Waals surface area contributed by atoms with Crippen molar-refractivity contribution in [2.75, 3.05) is 17.7 Å². The molecule has 1 rings (SSSR count). The molecule has 1 aromatic heterocycles. The van der Waals surface area contributed by atoms with E-state index in [9.17, 15) is 0 Å². The fourth-order valence-electron chi connectivity index (χ4n) is 2.09. The van der Waals surface area contributed by atoms with Crippen molar-refractivity contribution in [3.05, 3.63) is 5.69 Å². The molecule has 0 bridgehead atoms. The second-order valence-corrected chi connectivity index (χ2v) is 4.41. The molecule has 0 amide bonds. The monoisotopic (exact) mass is 224 g/mol. The maximum Gasteiger partial charge on any atom is 0.150 e. The Morgan fingerprint density at radius 1 is 1.44 bits per heavy atom. The Hall–Kier alpha value is -1.19. The van der Waals surface area contributed by atoms with Gasteiger partial charge in [-0.05, 0) is 19.8 Å². The van der Waals surface area contributed by atoms with Gasteiger partial charge in [-0.15, -0.1) is 0 Å². The maximum absolute atomic E-state index is 6.12. The number of nitrogens with zero attached hydrogens (tertiary/aromatic N) is 3. The first-order valence-corrected chi connectivity index (χ1v) is 6.07. The Morgan fingerprint density at radius 2 is 2.06 bits per heavy atom. The van der Waals surface area contributed by atoms with E-state index >= 15 is 0 Å². The molecule has 92 valence electrons. The van der Waals surface area contributed by atoms with E-state index in [0.29, 0.717) is 6.04 Å². The molecule has 1 aromatic rings. The second-order valence-electron chi connectivity index (χ2n) is 4.41. The minimum Gasteiger partial charge on any atom is -0.394 e. The van der Waals surface area contributed by atoms with Gasteiger partial charge in [0.1, 0.15) is 5.82 Å². The summed E-state index contributed by atoms with van der Waals surface area (Å²) in [5, 5.41) is 4.44. The summed E-state index contributed by atoms with van der Waals surface area (Å²) in [7, 11) is 4.05. The average Bonchev–Trinajstić information content (AvgIpc) is 2.53. The Balaban J connectivity index is 2.98. The standard InChI is InChI=1S/C12H24N4/c1-6-8-9(3)15(4)12-11(13)10(7-2)14-16(12)5/h9H,6-8,13H2,1-5H3. The van der Waals surface area contributed by atoms with Crippen LogP contribution in [0.2, 0.25) is 0 Å². The van der Waals surface area contributed by atoms with Crippen molar-refractivity contribution in [3.8, 4) is 0 Å². The van der Waals surface area contributed by atoms with Gasteiger partial charge in [0.2, 0.25) is 0 Å². The van der Waals surface area contributed by atoms with Gasteiger partial charge in [-0.2, -0.15) is 5.10 Å². The summed E-state index contributed by atoms with van der Waals surface area (Å²) in [5.41, 5.74) is 7.95. The summed E-state index contributed by atoms with van der Waals surface area (Å²) < 4.78 is 1.89. The van der Waals surface area contributed by atoms with E-state index in [1.807, 2.05) is 11.7 Å². The molecule has 0 aliphatic carbocycles. The molecule has 0 fully saturated rings. The first kappa shape index (κ1) is 12.9. The van der Waals surface area contributed by atoms with Gasteiger partial charge in [-0.25, -0.2) is 0 Å². The first-order valence-electron chi connectivity index (χ1n) is 6.07. The van der Waals surface area contributed by atoms with E-state index in [4.69, 9.17) is 5.73 Å². The largest absolute Gasteiger partial charge is 0.394 e. The summed E-state index contributed by atoms with van der Waals surface area (Å²) in [6.45, 7) is 6.51. The summed E-state index contributed by atoms with van der Waals surface area (Å²) in [4.78, 5) is 2.23. The summed E-state index contributed by atoms with van der Waals surface area (Å²) in [5.74, 6) is 1.04. The van der Waals surface area contributed by atoms with Gasteiger partial charge in [0.25, 0.3) is 0 Å². The van der Waals surface area contributed by atoms with Gasteiger partial charge >= 0.3 is 0 Å². The zero-order chi connectivity index (χ0) is 12.3. The molecule has 0 saturated carbocycles. The Bertz CT molecular complexity index is 343. The van der Waals surface area contributed by atoms with Crippen molar-refractivity contribution in [3.63, 3.8) is 0 Å². The molecule has 1 heterocycles. The third-order valence-corrected chi connectivity index (χ3v) is 3.17. The predicted octanol–water partition coefficient (Wildman–Crippen LogP) is 2.19. The van der Waals surface area contributed by atoms with Crippen molar-refractivity contribution in [1.29, 1.82) is 0 Å². The van der Waals surface area contributed by atoms with Gasteiger partial charge in [-0.3, -0.25) is 4.68 Å². The lowest BCUT2D eigenvalue weighted by atomic mass is 10.1. The lowest BCUT2D eigenvalue weighted by Crippen LogP contribution is -2.30. The molecule has 0 aliphatic rings. The minimum absolute atomic E-state index is 0.493. The number of nitrogens with two attached hydrogens (primary N) is 1. The van der Waals surface area contributed by atoms with E-state index in [-0.39, 0.29) is 0 Å². The molecule has 2 N–H and O–H groups in total. The third kappa shape index (κ3) is 2.31. The van der Waals surface area contributed by atoms with Gasteiger partial charge in [0, 0.05) is 20.1 Å². The second kappa shape index (κ2) is 5.23. The number of hydrogen-bond donors (Lipinski definition) is 1. The molecular formula is C12H24N4. The third-order valence-electron chi connectivity index (χ3n) is 3.17. The van der Waals surface area contributed by atoms with Crippen molar-refractivity contribution < 1.29 is 0 Å². The van der Waals surface area contributed by atoms with Crippen molar-refractivity contribution >= 4 is 11.5 Å². The number of anilines is 2. The summed E-state index contributed by atoms with van der Waals surface area (Å²) >= 11 is 0. The molecular weight excluding hydrogens is 200 g/mol. The lowest BCUT2D eigenvalue weighted by molar-refractivity contribution is 0.595. The van der Waals surface area contributed by atoms with E-state index in [2.05, 4.69) is 37.8 Å². The highest BCUT2D eigenvalue weighted by atomic mass is 15.4. The van der Waals surface area contributed by atoms with Gasteiger partial charge in [0.05, 0.1) is 11.4 Å². The van der Waals surface area contributed by atoms with Gasteiger partial charge in [0.15, 0.2) is 0 Å². The topological polar surface area (TPSA) is 47.1 Å². The van der Waals surface area contributed by atoms with Crippen LogP contribution in [0.3, 0.4) is 0 Å². The lowest BCUT2D eigenvalue weighted by Gasteiger charge is -2.27.